The SMILES string of the molecule is C=C(/C=C\C)SS. The summed E-state index contributed by atoms with van der Waals surface area (Å²) in [5.41, 5.74) is 0. The molecule has 0 spiro atoms. The standard InChI is InChI=1S/C5H8S2/c1-3-4-5(2)7-6/h3-4,6H,2H2,1H3/b4-3-. The highest BCUT2D eigenvalue weighted by Gasteiger charge is 1.76. The van der Waals surface area contributed by atoms with Crippen LogP contribution in [0.3, 0.4) is 0 Å². The van der Waals surface area contributed by atoms with E-state index in [1.807, 2.05) is 19.1 Å². The molecule has 0 aromatic rings. The lowest BCUT2D eigenvalue weighted by atomic mass is 10.5. The highest BCUT2D eigenvalue weighted by molar-refractivity contribution is 8.70. The minimum atomic E-state index is 0.978. The zero-order chi connectivity index (χ0) is 5.70. The van der Waals surface area contributed by atoms with Crippen molar-refractivity contribution in [1.29, 1.82) is 0 Å². The quantitative estimate of drug-likeness (QED) is 0.342. The molecule has 0 atom stereocenters. The Hall–Kier alpha value is 0.180. The Morgan fingerprint density at radius 2 is 2.43 bits per heavy atom. The Morgan fingerprint density at radius 1 is 1.86 bits per heavy atom. The molecular weight excluding hydrogens is 124 g/mol. The van der Waals surface area contributed by atoms with E-state index in [1.165, 1.54) is 10.8 Å². The summed E-state index contributed by atoms with van der Waals surface area (Å²) in [4.78, 5) is 0.978. The topological polar surface area (TPSA) is 0 Å². The highest BCUT2D eigenvalue weighted by atomic mass is 33.1. The first-order valence-corrected chi connectivity index (χ1v) is 3.81. The van der Waals surface area contributed by atoms with Crippen molar-refractivity contribution in [3.8, 4) is 0 Å². The van der Waals surface area contributed by atoms with Gasteiger partial charge in [-0.2, -0.15) is 0 Å². The Kier molecular flexibility index (Phi) is 4.45. The van der Waals surface area contributed by atoms with Gasteiger partial charge in [0.15, 0.2) is 0 Å². The normalized spacial score (nSPS) is 10.0. The maximum absolute atomic E-state index is 3.92. The van der Waals surface area contributed by atoms with Crippen molar-refractivity contribution in [1.82, 2.24) is 0 Å². The molecule has 40 valence electrons. The summed E-state index contributed by atoms with van der Waals surface area (Å²) < 4.78 is 0. The number of thiol groups is 1. The van der Waals surface area contributed by atoms with Crippen LogP contribution in [0.5, 0.6) is 0 Å². The molecule has 0 rings (SSSR count). The van der Waals surface area contributed by atoms with Gasteiger partial charge in [-0.15, -0.1) is 11.7 Å². The summed E-state index contributed by atoms with van der Waals surface area (Å²) in [6, 6.07) is 0. The van der Waals surface area contributed by atoms with E-state index in [4.69, 9.17) is 0 Å². The number of allylic oxidation sites excluding steroid dienone is 2. The molecule has 0 heterocycles. The highest BCUT2D eigenvalue weighted by Crippen LogP contribution is 2.17. The van der Waals surface area contributed by atoms with E-state index < -0.39 is 0 Å². The van der Waals surface area contributed by atoms with Gasteiger partial charge in [-0.25, -0.2) is 0 Å². The average molecular weight is 132 g/mol. The summed E-state index contributed by atoms with van der Waals surface area (Å²) >= 11 is 3.92. The molecule has 0 fully saturated rings. The van der Waals surface area contributed by atoms with Crippen molar-refractivity contribution >= 4 is 22.5 Å². The smallest absolute Gasteiger partial charge is 0.0105 e. The molecule has 0 nitrogen and oxygen atoms in total. The third-order valence-corrected chi connectivity index (χ3v) is 1.54. The summed E-state index contributed by atoms with van der Waals surface area (Å²) in [7, 11) is 1.36. The Balaban J connectivity index is 3.37. The van der Waals surface area contributed by atoms with Crippen LogP contribution in [0.2, 0.25) is 0 Å². The Bertz CT molecular complexity index is 84.1. The van der Waals surface area contributed by atoms with Gasteiger partial charge >= 0.3 is 0 Å². The third kappa shape index (κ3) is 4.02. The van der Waals surface area contributed by atoms with E-state index in [9.17, 15) is 0 Å². The summed E-state index contributed by atoms with van der Waals surface area (Å²) in [5, 5.41) is 0. The van der Waals surface area contributed by atoms with E-state index in [0.29, 0.717) is 0 Å². The van der Waals surface area contributed by atoms with E-state index >= 15 is 0 Å². The van der Waals surface area contributed by atoms with Gasteiger partial charge in [-0.05, 0) is 6.92 Å². The van der Waals surface area contributed by atoms with Crippen LogP contribution >= 0.6 is 22.5 Å². The van der Waals surface area contributed by atoms with Crippen LogP contribution in [-0.2, 0) is 0 Å². The van der Waals surface area contributed by atoms with Crippen LogP contribution in [0.4, 0.5) is 0 Å². The largest absolute Gasteiger partial charge is 0.106 e. The fraction of sp³-hybridized carbons (Fsp3) is 0.200. The molecule has 0 unspecified atom stereocenters. The van der Waals surface area contributed by atoms with E-state index in [1.54, 1.807) is 0 Å². The molecule has 2 heteroatoms. The van der Waals surface area contributed by atoms with Gasteiger partial charge in [0, 0.05) is 4.91 Å². The Labute approximate surface area is 53.5 Å². The molecule has 0 saturated heterocycles. The molecule has 0 aromatic heterocycles. The lowest BCUT2D eigenvalue weighted by Gasteiger charge is -1.84. The Morgan fingerprint density at radius 3 is 2.57 bits per heavy atom. The molecule has 0 amide bonds. The van der Waals surface area contributed by atoms with Gasteiger partial charge < -0.3 is 0 Å². The molecule has 0 saturated carbocycles. The predicted molar refractivity (Wildman–Crippen MR) is 40.5 cm³/mol. The monoisotopic (exact) mass is 132 g/mol. The van der Waals surface area contributed by atoms with Crippen LogP contribution in [0.1, 0.15) is 6.92 Å². The molecular formula is C5H8S2. The number of hydrogen-bond donors (Lipinski definition) is 1. The lowest BCUT2D eigenvalue weighted by molar-refractivity contribution is 1.73. The molecule has 0 aromatic carbocycles. The van der Waals surface area contributed by atoms with Gasteiger partial charge in [0.25, 0.3) is 0 Å². The predicted octanol–water partition coefficient (Wildman–Crippen LogP) is 2.65. The van der Waals surface area contributed by atoms with Crippen molar-refractivity contribution in [2.24, 2.45) is 0 Å². The van der Waals surface area contributed by atoms with E-state index in [-0.39, 0.29) is 0 Å². The fourth-order valence-corrected chi connectivity index (χ4v) is 0.596. The second-order valence-electron chi connectivity index (χ2n) is 1.06. The first-order valence-electron chi connectivity index (χ1n) is 1.94. The lowest BCUT2D eigenvalue weighted by Crippen LogP contribution is -1.53. The first kappa shape index (κ1) is 7.18. The summed E-state index contributed by atoms with van der Waals surface area (Å²) in [5.74, 6) is 0. The zero-order valence-corrected chi connectivity index (χ0v) is 5.93. The van der Waals surface area contributed by atoms with Crippen LogP contribution < -0.4 is 0 Å². The van der Waals surface area contributed by atoms with Gasteiger partial charge in [0.2, 0.25) is 0 Å². The third-order valence-electron chi connectivity index (χ3n) is 0.470. The maximum atomic E-state index is 3.92. The minimum absolute atomic E-state index is 0.978. The molecule has 7 heavy (non-hydrogen) atoms. The molecule has 0 radical (unpaired) electrons. The van der Waals surface area contributed by atoms with Crippen molar-refractivity contribution in [3.05, 3.63) is 23.6 Å². The van der Waals surface area contributed by atoms with Gasteiger partial charge in [-0.1, -0.05) is 29.5 Å². The second-order valence-corrected chi connectivity index (χ2v) is 2.31. The molecule has 0 aliphatic rings. The van der Waals surface area contributed by atoms with Gasteiger partial charge in [0.05, 0.1) is 0 Å². The van der Waals surface area contributed by atoms with Crippen LogP contribution in [-0.4, -0.2) is 0 Å². The van der Waals surface area contributed by atoms with E-state index in [0.717, 1.165) is 4.91 Å². The van der Waals surface area contributed by atoms with Crippen LogP contribution in [0.25, 0.3) is 0 Å². The van der Waals surface area contributed by atoms with Crippen molar-refractivity contribution in [2.45, 2.75) is 6.92 Å². The molecule has 0 N–H and O–H groups in total. The van der Waals surface area contributed by atoms with Gasteiger partial charge in [-0.3, -0.25) is 0 Å². The van der Waals surface area contributed by atoms with Crippen molar-refractivity contribution in [3.63, 3.8) is 0 Å². The summed E-state index contributed by atoms with van der Waals surface area (Å²) in [6.45, 7) is 5.62. The molecule has 0 aliphatic heterocycles. The van der Waals surface area contributed by atoms with Crippen molar-refractivity contribution in [2.75, 3.05) is 0 Å². The zero-order valence-electron chi connectivity index (χ0n) is 4.22. The van der Waals surface area contributed by atoms with Gasteiger partial charge in [0.1, 0.15) is 0 Å². The van der Waals surface area contributed by atoms with Crippen LogP contribution in [0.15, 0.2) is 23.6 Å². The number of rotatable bonds is 2. The van der Waals surface area contributed by atoms with Crippen molar-refractivity contribution < 1.29 is 0 Å². The summed E-state index contributed by atoms with van der Waals surface area (Å²) in [6.07, 6.45) is 3.85. The second kappa shape index (κ2) is 4.34. The minimum Gasteiger partial charge on any atom is -0.106 e. The van der Waals surface area contributed by atoms with E-state index in [2.05, 4.69) is 18.2 Å². The average Bonchev–Trinajstić information content (AvgIpc) is 1.68. The fourth-order valence-electron chi connectivity index (χ4n) is 0.216. The van der Waals surface area contributed by atoms with Crippen LogP contribution in [0, 0.1) is 0 Å². The first-order chi connectivity index (χ1) is 3.31. The molecule has 0 aliphatic carbocycles. The maximum Gasteiger partial charge on any atom is 0.0105 e. The molecule has 0 bridgehead atoms. The number of hydrogen-bond acceptors (Lipinski definition) is 2.